The molecule has 0 saturated carbocycles. The van der Waals surface area contributed by atoms with Crippen molar-refractivity contribution in [1.82, 2.24) is 10.2 Å². The van der Waals surface area contributed by atoms with Crippen molar-refractivity contribution in [3.05, 3.63) is 28.8 Å². The molecule has 1 aromatic rings. The van der Waals surface area contributed by atoms with Gasteiger partial charge >= 0.3 is 0 Å². The number of nitrogens with zero attached hydrogens (tertiary/aromatic N) is 1. The van der Waals surface area contributed by atoms with Crippen LogP contribution in [0.2, 0.25) is 5.02 Å². The molecule has 1 aliphatic heterocycles. The van der Waals surface area contributed by atoms with Crippen LogP contribution >= 0.6 is 11.6 Å². The Bertz CT molecular complexity index is 534. The summed E-state index contributed by atoms with van der Waals surface area (Å²) < 4.78 is 0. The molecule has 6 heteroatoms. The molecule has 0 atom stereocenters. The van der Waals surface area contributed by atoms with Crippen LogP contribution in [0.3, 0.4) is 0 Å². The summed E-state index contributed by atoms with van der Waals surface area (Å²) in [6.45, 7) is 5.18. The number of carbonyl (C=O) groups is 2. The molecule has 0 unspecified atom stereocenters. The maximum absolute atomic E-state index is 11.6. The second kappa shape index (κ2) is 7.43. The Morgan fingerprint density at radius 3 is 3.00 bits per heavy atom. The number of benzene rings is 1. The van der Waals surface area contributed by atoms with E-state index in [0.29, 0.717) is 17.1 Å². The maximum atomic E-state index is 11.6. The lowest BCUT2D eigenvalue weighted by atomic mass is 10.1. The van der Waals surface area contributed by atoms with Crippen LogP contribution in [0.4, 0.5) is 5.69 Å². The number of Topliss-reactive ketones (excluding diaryl/α,β-unsaturated/α-hetero) is 1. The summed E-state index contributed by atoms with van der Waals surface area (Å²) in [4.78, 5) is 25.0. The summed E-state index contributed by atoms with van der Waals surface area (Å²) in [5.41, 5.74) is 1.31. The molecule has 114 valence electrons. The van der Waals surface area contributed by atoms with Crippen LogP contribution in [0.15, 0.2) is 18.2 Å². The van der Waals surface area contributed by atoms with E-state index < -0.39 is 0 Å². The minimum Gasteiger partial charge on any atom is -0.384 e. The van der Waals surface area contributed by atoms with E-state index in [2.05, 4.69) is 15.5 Å². The summed E-state index contributed by atoms with van der Waals surface area (Å²) in [5.74, 6) is 0.0405. The fourth-order valence-corrected chi connectivity index (χ4v) is 2.74. The zero-order chi connectivity index (χ0) is 15.2. The van der Waals surface area contributed by atoms with Crippen LogP contribution in [0, 0.1) is 0 Å². The van der Waals surface area contributed by atoms with Gasteiger partial charge < -0.3 is 10.6 Å². The molecule has 0 aromatic heterocycles. The molecular weight excluding hydrogens is 290 g/mol. The summed E-state index contributed by atoms with van der Waals surface area (Å²) in [5, 5.41) is 6.53. The van der Waals surface area contributed by atoms with E-state index in [-0.39, 0.29) is 11.7 Å². The molecule has 1 saturated heterocycles. The summed E-state index contributed by atoms with van der Waals surface area (Å²) in [6.07, 6.45) is 0.900. The predicted octanol–water partition coefficient (Wildman–Crippen LogP) is 1.78. The Labute approximate surface area is 129 Å². The minimum atomic E-state index is -0.0456. The molecule has 2 N–H and O–H groups in total. The smallest absolute Gasteiger partial charge is 0.234 e. The highest BCUT2D eigenvalue weighted by Gasteiger charge is 2.15. The molecule has 1 aromatic carbocycles. The van der Waals surface area contributed by atoms with E-state index >= 15 is 0 Å². The Kier molecular flexibility index (Phi) is 5.59. The lowest BCUT2D eigenvalue weighted by Crippen LogP contribution is -2.47. The summed E-state index contributed by atoms with van der Waals surface area (Å²) in [7, 11) is 0. The normalized spacial score (nSPS) is 15.6. The van der Waals surface area contributed by atoms with Gasteiger partial charge in [-0.15, -0.1) is 0 Å². The zero-order valence-corrected chi connectivity index (χ0v) is 12.9. The van der Waals surface area contributed by atoms with E-state index in [1.807, 2.05) is 12.1 Å². The van der Waals surface area contributed by atoms with Crippen molar-refractivity contribution >= 4 is 29.0 Å². The van der Waals surface area contributed by atoms with Crippen molar-refractivity contribution in [2.24, 2.45) is 0 Å². The zero-order valence-electron chi connectivity index (χ0n) is 12.1. The van der Waals surface area contributed by atoms with Gasteiger partial charge in [0, 0.05) is 31.9 Å². The van der Waals surface area contributed by atoms with Gasteiger partial charge in [-0.25, -0.2) is 0 Å². The van der Waals surface area contributed by atoms with Gasteiger partial charge in [0.05, 0.1) is 17.1 Å². The quantitative estimate of drug-likeness (QED) is 0.621. The lowest BCUT2D eigenvalue weighted by molar-refractivity contribution is -0.124. The average molecular weight is 310 g/mol. The predicted molar refractivity (Wildman–Crippen MR) is 84.0 cm³/mol. The van der Waals surface area contributed by atoms with Crippen LogP contribution in [-0.4, -0.2) is 49.3 Å². The number of amides is 1. The molecule has 0 radical (unpaired) electrons. The van der Waals surface area contributed by atoms with Crippen LogP contribution < -0.4 is 10.6 Å². The van der Waals surface area contributed by atoms with Gasteiger partial charge in [0.15, 0.2) is 5.78 Å². The van der Waals surface area contributed by atoms with Crippen molar-refractivity contribution in [1.29, 1.82) is 0 Å². The number of halogens is 1. The Morgan fingerprint density at radius 1 is 1.48 bits per heavy atom. The highest BCUT2D eigenvalue weighted by atomic mass is 35.5. The van der Waals surface area contributed by atoms with Crippen molar-refractivity contribution in [2.75, 3.05) is 38.0 Å². The second-order valence-electron chi connectivity index (χ2n) is 5.13. The number of piperazine rings is 1. The maximum Gasteiger partial charge on any atom is 0.234 e. The Morgan fingerprint density at radius 2 is 2.29 bits per heavy atom. The van der Waals surface area contributed by atoms with E-state index in [1.165, 1.54) is 6.92 Å². The van der Waals surface area contributed by atoms with Gasteiger partial charge in [0.2, 0.25) is 5.91 Å². The van der Waals surface area contributed by atoms with Crippen molar-refractivity contribution < 1.29 is 9.59 Å². The van der Waals surface area contributed by atoms with Crippen LogP contribution in [0.1, 0.15) is 23.7 Å². The molecular formula is C15H20ClN3O2. The van der Waals surface area contributed by atoms with Gasteiger partial charge in [-0.1, -0.05) is 17.7 Å². The van der Waals surface area contributed by atoms with Crippen LogP contribution in [-0.2, 0) is 4.79 Å². The standard InChI is InChI=1S/C15H20ClN3O2/c1-11(20)15-12(16)4-2-5-13(15)17-6-3-8-19-9-7-18-14(21)10-19/h2,4-5,17H,3,6-10H2,1H3,(H,18,21). The Hall–Kier alpha value is -1.59. The first kappa shape index (κ1) is 15.8. The molecule has 5 nitrogen and oxygen atoms in total. The topological polar surface area (TPSA) is 61.4 Å². The Balaban J connectivity index is 1.82. The average Bonchev–Trinajstić information content (AvgIpc) is 2.43. The third-order valence-corrected chi connectivity index (χ3v) is 3.76. The number of hydrogen-bond acceptors (Lipinski definition) is 4. The third-order valence-electron chi connectivity index (χ3n) is 3.45. The first-order valence-corrected chi connectivity index (χ1v) is 7.48. The molecule has 0 aliphatic carbocycles. The first-order chi connectivity index (χ1) is 10.1. The van der Waals surface area contributed by atoms with Gasteiger partial charge in [-0.2, -0.15) is 0 Å². The molecule has 0 bridgehead atoms. The number of nitrogens with one attached hydrogen (secondary N) is 2. The van der Waals surface area contributed by atoms with Crippen LogP contribution in [0.25, 0.3) is 0 Å². The lowest BCUT2D eigenvalue weighted by Gasteiger charge is -2.26. The minimum absolute atomic E-state index is 0.0456. The molecule has 1 fully saturated rings. The van der Waals surface area contributed by atoms with E-state index in [9.17, 15) is 9.59 Å². The second-order valence-corrected chi connectivity index (χ2v) is 5.53. The van der Waals surface area contributed by atoms with E-state index in [1.54, 1.807) is 6.07 Å². The highest BCUT2D eigenvalue weighted by Crippen LogP contribution is 2.24. The van der Waals surface area contributed by atoms with E-state index in [0.717, 1.165) is 38.3 Å². The van der Waals surface area contributed by atoms with Gasteiger partial charge in [-0.3, -0.25) is 14.5 Å². The van der Waals surface area contributed by atoms with Crippen LogP contribution in [0.5, 0.6) is 0 Å². The molecule has 0 spiro atoms. The monoisotopic (exact) mass is 309 g/mol. The fraction of sp³-hybridized carbons (Fsp3) is 0.467. The number of hydrogen-bond donors (Lipinski definition) is 2. The van der Waals surface area contributed by atoms with Gasteiger partial charge in [-0.05, 0) is 25.5 Å². The van der Waals surface area contributed by atoms with Crippen molar-refractivity contribution in [3.63, 3.8) is 0 Å². The summed E-state index contributed by atoms with van der Waals surface area (Å²) >= 11 is 6.06. The largest absolute Gasteiger partial charge is 0.384 e. The van der Waals surface area contributed by atoms with Crippen molar-refractivity contribution in [2.45, 2.75) is 13.3 Å². The first-order valence-electron chi connectivity index (χ1n) is 7.10. The SMILES string of the molecule is CC(=O)c1c(Cl)cccc1NCCCN1CCNC(=O)C1. The number of ketones is 1. The molecule has 21 heavy (non-hydrogen) atoms. The molecule has 1 aliphatic rings. The van der Waals surface area contributed by atoms with E-state index in [4.69, 9.17) is 11.6 Å². The highest BCUT2D eigenvalue weighted by molar-refractivity contribution is 6.34. The fourth-order valence-electron chi connectivity index (χ4n) is 2.44. The molecule has 1 amide bonds. The van der Waals surface area contributed by atoms with Gasteiger partial charge in [0.25, 0.3) is 0 Å². The molecule has 2 rings (SSSR count). The third kappa shape index (κ3) is 4.44. The van der Waals surface area contributed by atoms with Crippen molar-refractivity contribution in [3.8, 4) is 0 Å². The number of anilines is 1. The number of rotatable bonds is 6. The summed E-state index contributed by atoms with van der Waals surface area (Å²) in [6, 6.07) is 5.40. The molecule has 1 heterocycles. The number of carbonyl (C=O) groups excluding carboxylic acids is 2. The van der Waals surface area contributed by atoms with Gasteiger partial charge in [0.1, 0.15) is 0 Å².